The molecule has 0 radical (unpaired) electrons. The van der Waals surface area contributed by atoms with Crippen LogP contribution in [-0.4, -0.2) is 19.1 Å². The maximum absolute atomic E-state index is 13.0. The van der Waals surface area contributed by atoms with Crippen molar-refractivity contribution in [3.05, 3.63) is 113 Å². The molecule has 3 aromatic heterocycles. The highest BCUT2D eigenvalue weighted by molar-refractivity contribution is 5.89. The third-order valence-corrected chi connectivity index (χ3v) is 5.45. The number of rotatable bonds is 7. The third kappa shape index (κ3) is 4.28. The smallest absolute Gasteiger partial charge is 0.333 e. The molecule has 4 aromatic rings. The minimum Gasteiger partial charge on any atom is -0.361 e. The van der Waals surface area contributed by atoms with Gasteiger partial charge in [-0.25, -0.2) is 4.79 Å². The molecule has 162 valence electrons. The summed E-state index contributed by atoms with van der Waals surface area (Å²) in [6.07, 6.45) is 17.0. The van der Waals surface area contributed by atoms with E-state index in [9.17, 15) is 4.79 Å². The summed E-state index contributed by atoms with van der Waals surface area (Å²) >= 11 is 0. The number of hydrogen-bond acceptors (Lipinski definition) is 2. The highest BCUT2D eigenvalue weighted by Gasteiger charge is 2.15. The summed E-state index contributed by atoms with van der Waals surface area (Å²) in [6.45, 7) is 7.83. The molecule has 0 aliphatic heterocycles. The number of benzene rings is 1. The number of hydrogen-bond donors (Lipinski definition) is 1. The molecule has 0 saturated carbocycles. The summed E-state index contributed by atoms with van der Waals surface area (Å²) in [5.74, 6) is 2.64. The van der Waals surface area contributed by atoms with Crippen molar-refractivity contribution in [2.75, 3.05) is 0 Å². The fraction of sp³-hybridized carbons (Fsp3) is 0.0714. The molecular formula is C28H24N4O. The van der Waals surface area contributed by atoms with Crippen LogP contribution in [-0.2, 0) is 13.5 Å². The second-order valence-corrected chi connectivity index (χ2v) is 7.57. The normalized spacial score (nSPS) is 11.2. The van der Waals surface area contributed by atoms with Gasteiger partial charge in [0, 0.05) is 37.8 Å². The number of aryl methyl sites for hydroxylation is 1. The minimum atomic E-state index is -0.149. The lowest BCUT2D eigenvalue weighted by Gasteiger charge is -2.10. The van der Waals surface area contributed by atoms with Gasteiger partial charge in [-0.1, -0.05) is 31.4 Å². The van der Waals surface area contributed by atoms with Crippen LogP contribution < -0.4 is 5.69 Å². The van der Waals surface area contributed by atoms with E-state index in [0.29, 0.717) is 17.8 Å². The first-order valence-electron chi connectivity index (χ1n) is 10.5. The van der Waals surface area contributed by atoms with Crippen molar-refractivity contribution >= 4 is 17.7 Å². The molecule has 0 aliphatic carbocycles. The second-order valence-electron chi connectivity index (χ2n) is 7.57. The Labute approximate surface area is 193 Å². The van der Waals surface area contributed by atoms with Crippen LogP contribution in [0.1, 0.15) is 22.4 Å². The van der Waals surface area contributed by atoms with E-state index >= 15 is 0 Å². The van der Waals surface area contributed by atoms with Gasteiger partial charge in [0.1, 0.15) is 0 Å². The number of imidazole rings is 1. The molecule has 5 nitrogen and oxygen atoms in total. The molecule has 0 aliphatic rings. The predicted molar refractivity (Wildman–Crippen MR) is 136 cm³/mol. The van der Waals surface area contributed by atoms with Crippen LogP contribution in [0.25, 0.3) is 34.8 Å². The number of nitrogens with zero attached hydrogens (tertiary/aromatic N) is 3. The second kappa shape index (κ2) is 9.29. The highest BCUT2D eigenvalue weighted by atomic mass is 16.1. The third-order valence-electron chi connectivity index (χ3n) is 5.45. The first kappa shape index (κ1) is 21.7. The number of terminal acetylenes is 1. The van der Waals surface area contributed by atoms with E-state index in [4.69, 9.17) is 6.42 Å². The van der Waals surface area contributed by atoms with Crippen LogP contribution >= 0.6 is 0 Å². The van der Waals surface area contributed by atoms with E-state index in [-0.39, 0.29) is 5.69 Å². The molecule has 0 saturated heterocycles. The van der Waals surface area contributed by atoms with Gasteiger partial charge in [-0.05, 0) is 64.7 Å². The lowest BCUT2D eigenvalue weighted by molar-refractivity contribution is 0.824. The average Bonchev–Trinajstić information content (AvgIpc) is 3.42. The number of allylic oxidation sites excluding steroid dienone is 2. The standard InChI is InChI=1S/C28H24N4O/c1-5-8-20-9-11-24(12-10-20)32-27(19-31(4)28(32)33)26-18-22(13-15-30-26)21(6-2)17-23-14-16-29-25(23)7-3/h1,6-7,9-19,29H,2-3,8H2,4H3/b21-17+. The van der Waals surface area contributed by atoms with Crippen LogP contribution in [0.4, 0.5) is 0 Å². The maximum atomic E-state index is 13.0. The SMILES string of the molecule is C#CCc1ccc(-n2c(-c3cc(/C(C=C)=C/c4cc[nH]c4C=C)ccn3)cn(C)c2=O)cc1. The van der Waals surface area contributed by atoms with Crippen molar-refractivity contribution in [3.8, 4) is 29.4 Å². The summed E-state index contributed by atoms with van der Waals surface area (Å²) in [4.78, 5) is 20.7. The summed E-state index contributed by atoms with van der Waals surface area (Å²) in [5.41, 5.74) is 6.85. The summed E-state index contributed by atoms with van der Waals surface area (Å²) in [5, 5.41) is 0. The zero-order valence-corrected chi connectivity index (χ0v) is 18.5. The summed E-state index contributed by atoms with van der Waals surface area (Å²) in [6, 6.07) is 13.6. The maximum Gasteiger partial charge on any atom is 0.333 e. The van der Waals surface area contributed by atoms with E-state index in [2.05, 4.69) is 29.0 Å². The molecule has 0 atom stereocenters. The Bertz CT molecular complexity index is 1450. The van der Waals surface area contributed by atoms with Gasteiger partial charge in [0.2, 0.25) is 0 Å². The van der Waals surface area contributed by atoms with Crippen LogP contribution in [0.2, 0.25) is 0 Å². The van der Waals surface area contributed by atoms with E-state index in [1.807, 2.05) is 54.7 Å². The van der Waals surface area contributed by atoms with Crippen molar-refractivity contribution in [3.63, 3.8) is 0 Å². The van der Waals surface area contributed by atoms with Gasteiger partial charge in [-0.3, -0.25) is 9.55 Å². The van der Waals surface area contributed by atoms with Crippen molar-refractivity contribution in [2.24, 2.45) is 7.05 Å². The van der Waals surface area contributed by atoms with Crippen molar-refractivity contribution in [1.29, 1.82) is 0 Å². The molecule has 0 unspecified atom stereocenters. The summed E-state index contributed by atoms with van der Waals surface area (Å²) in [7, 11) is 1.73. The number of aromatic amines is 1. The van der Waals surface area contributed by atoms with Gasteiger partial charge in [0.05, 0.1) is 17.1 Å². The zero-order chi connectivity index (χ0) is 23.4. The molecule has 3 heterocycles. The van der Waals surface area contributed by atoms with Crippen LogP contribution in [0, 0.1) is 12.3 Å². The lowest BCUT2D eigenvalue weighted by Crippen LogP contribution is -2.21. The van der Waals surface area contributed by atoms with Crippen LogP contribution in [0.5, 0.6) is 0 Å². The van der Waals surface area contributed by atoms with E-state index < -0.39 is 0 Å². The van der Waals surface area contributed by atoms with Gasteiger partial charge < -0.3 is 9.55 Å². The lowest BCUT2D eigenvalue weighted by atomic mass is 10.0. The first-order chi connectivity index (χ1) is 16.0. The monoisotopic (exact) mass is 432 g/mol. The Kier molecular flexibility index (Phi) is 6.10. The minimum absolute atomic E-state index is 0.149. The van der Waals surface area contributed by atoms with Crippen molar-refractivity contribution < 1.29 is 0 Å². The predicted octanol–water partition coefficient (Wildman–Crippen LogP) is 5.11. The fourth-order valence-corrected chi connectivity index (χ4v) is 3.74. The highest BCUT2D eigenvalue weighted by Crippen LogP contribution is 2.26. The van der Waals surface area contributed by atoms with Crippen molar-refractivity contribution in [2.45, 2.75) is 6.42 Å². The average molecular weight is 433 g/mol. The molecule has 1 N–H and O–H groups in total. The zero-order valence-electron chi connectivity index (χ0n) is 18.5. The molecule has 1 aromatic carbocycles. The van der Waals surface area contributed by atoms with Crippen LogP contribution in [0.15, 0.2) is 85.1 Å². The van der Waals surface area contributed by atoms with E-state index in [1.54, 1.807) is 40.7 Å². The Morgan fingerprint density at radius 1 is 1.21 bits per heavy atom. The quantitative estimate of drug-likeness (QED) is 0.326. The van der Waals surface area contributed by atoms with Crippen molar-refractivity contribution in [1.82, 2.24) is 19.1 Å². The van der Waals surface area contributed by atoms with Gasteiger partial charge in [-0.15, -0.1) is 12.3 Å². The molecule has 4 rings (SSSR count). The van der Waals surface area contributed by atoms with E-state index in [0.717, 1.165) is 33.6 Å². The summed E-state index contributed by atoms with van der Waals surface area (Å²) < 4.78 is 3.21. The number of nitrogens with one attached hydrogen (secondary N) is 1. The van der Waals surface area contributed by atoms with Gasteiger partial charge >= 0.3 is 5.69 Å². The van der Waals surface area contributed by atoms with E-state index in [1.165, 1.54) is 0 Å². The number of aromatic nitrogens is 4. The largest absolute Gasteiger partial charge is 0.361 e. The first-order valence-corrected chi connectivity index (χ1v) is 10.5. The van der Waals surface area contributed by atoms with Gasteiger partial charge in [0.15, 0.2) is 0 Å². The Balaban J connectivity index is 1.80. The van der Waals surface area contributed by atoms with Gasteiger partial charge in [0.25, 0.3) is 0 Å². The Morgan fingerprint density at radius 2 is 2.00 bits per heavy atom. The molecule has 0 spiro atoms. The molecule has 0 fully saturated rings. The molecule has 0 amide bonds. The molecule has 33 heavy (non-hydrogen) atoms. The molecule has 0 bridgehead atoms. The van der Waals surface area contributed by atoms with Crippen LogP contribution in [0.3, 0.4) is 0 Å². The molecular weight excluding hydrogens is 408 g/mol. The fourth-order valence-electron chi connectivity index (χ4n) is 3.74. The topological polar surface area (TPSA) is 55.6 Å². The van der Waals surface area contributed by atoms with Gasteiger partial charge in [-0.2, -0.15) is 0 Å². The Morgan fingerprint density at radius 3 is 2.70 bits per heavy atom. The number of H-pyrrole nitrogens is 1. The molecule has 5 heteroatoms. The Hall–Kier alpha value is -4.56. The number of pyridine rings is 1.